The van der Waals surface area contributed by atoms with Crippen molar-refractivity contribution in [1.29, 1.82) is 0 Å². The van der Waals surface area contributed by atoms with Gasteiger partial charge in [0, 0.05) is 0 Å². The Morgan fingerprint density at radius 3 is 2.56 bits per heavy atom. The summed E-state index contributed by atoms with van der Waals surface area (Å²) in [5.74, 6) is 0.427. The van der Waals surface area contributed by atoms with E-state index in [0.717, 1.165) is 32.1 Å². The number of hydrogen-bond acceptors (Lipinski definition) is 5. The summed E-state index contributed by atoms with van der Waals surface area (Å²) in [5, 5.41) is 11.1. The molecule has 27 heavy (non-hydrogen) atoms. The van der Waals surface area contributed by atoms with Crippen molar-refractivity contribution < 1.29 is 14.6 Å². The third-order valence-electron chi connectivity index (χ3n) is 7.68. The molecular formula is C22H42N2O3. The minimum atomic E-state index is -0.700. The molecular weight excluding hydrogens is 340 g/mol. The Labute approximate surface area is 165 Å². The quantitative estimate of drug-likeness (QED) is 0.441. The topological polar surface area (TPSA) is 98.6 Å². The van der Waals surface area contributed by atoms with Gasteiger partial charge in [-0.2, -0.15) is 0 Å². The maximum Gasteiger partial charge on any atom is 0.322 e. The molecule has 0 aromatic heterocycles. The number of esters is 1. The molecule has 5 N–H and O–H groups in total. The Kier molecular flexibility index (Phi) is 7.37. The molecule has 0 heterocycles. The molecule has 0 aromatic carbocycles. The third-order valence-corrected chi connectivity index (χ3v) is 7.68. The Morgan fingerprint density at radius 1 is 1.19 bits per heavy atom. The van der Waals surface area contributed by atoms with Crippen molar-refractivity contribution in [3.63, 3.8) is 0 Å². The maximum absolute atomic E-state index is 12.2. The summed E-state index contributed by atoms with van der Waals surface area (Å²) in [6.45, 7) is 10.1. The maximum atomic E-state index is 12.2. The van der Waals surface area contributed by atoms with Gasteiger partial charge in [0.25, 0.3) is 0 Å². The van der Waals surface area contributed by atoms with E-state index in [1.165, 1.54) is 12.8 Å². The van der Waals surface area contributed by atoms with Crippen LogP contribution in [0.5, 0.6) is 0 Å². The number of hydrogen-bond donors (Lipinski definition) is 3. The molecule has 0 aliphatic heterocycles. The van der Waals surface area contributed by atoms with Gasteiger partial charge in [-0.25, -0.2) is 0 Å². The van der Waals surface area contributed by atoms with E-state index in [1.807, 2.05) is 6.92 Å². The second kappa shape index (κ2) is 8.79. The fourth-order valence-electron chi connectivity index (χ4n) is 6.28. The van der Waals surface area contributed by atoms with Crippen molar-refractivity contribution in [2.45, 2.75) is 97.1 Å². The molecule has 0 spiro atoms. The van der Waals surface area contributed by atoms with Gasteiger partial charge in [-0.3, -0.25) is 4.79 Å². The van der Waals surface area contributed by atoms with Crippen LogP contribution in [0.4, 0.5) is 0 Å². The van der Waals surface area contributed by atoms with E-state index in [9.17, 15) is 9.90 Å². The average molecular weight is 383 g/mol. The molecule has 2 aliphatic rings. The third kappa shape index (κ3) is 5.04. The van der Waals surface area contributed by atoms with Crippen LogP contribution in [-0.2, 0) is 9.53 Å². The molecule has 5 atom stereocenters. The fourth-order valence-corrected chi connectivity index (χ4v) is 6.28. The van der Waals surface area contributed by atoms with Gasteiger partial charge < -0.3 is 21.3 Å². The van der Waals surface area contributed by atoms with Gasteiger partial charge >= 0.3 is 5.97 Å². The molecule has 2 aliphatic carbocycles. The number of ether oxygens (including phenoxy) is 1. The van der Waals surface area contributed by atoms with Crippen molar-refractivity contribution in [3.8, 4) is 0 Å². The summed E-state index contributed by atoms with van der Waals surface area (Å²) in [7, 11) is 0. The summed E-state index contributed by atoms with van der Waals surface area (Å²) in [4.78, 5) is 12.2. The van der Waals surface area contributed by atoms with Crippen LogP contribution in [0.25, 0.3) is 0 Å². The Morgan fingerprint density at radius 2 is 1.89 bits per heavy atom. The molecule has 5 nitrogen and oxygen atoms in total. The van der Waals surface area contributed by atoms with Crippen molar-refractivity contribution in [1.82, 2.24) is 0 Å². The Bertz CT molecular complexity index is 506. The van der Waals surface area contributed by atoms with E-state index < -0.39 is 11.6 Å². The highest BCUT2D eigenvalue weighted by atomic mass is 16.5. The molecule has 0 bridgehead atoms. The molecule has 2 rings (SSSR count). The monoisotopic (exact) mass is 382 g/mol. The SMILES string of the molecule is CC1(C)CCCC2(C)C(CCOC(=O)C(N)CCCCN)[C@](C)(O)CC[C@@H]12. The minimum Gasteiger partial charge on any atom is -0.465 e. The molecule has 0 saturated heterocycles. The number of rotatable bonds is 8. The second-order valence-corrected chi connectivity index (χ2v) is 10.2. The molecule has 3 unspecified atom stereocenters. The standard InChI is InChI=1S/C22H42N2O3/c1-20(2)11-7-12-21(3)17(20)9-13-22(4,26)18(21)10-15-27-19(25)16(24)8-5-6-14-23/h16-18,26H,5-15,23-24H2,1-4H3/t16?,17-,18?,21?,22+/m0/s1. The van der Waals surface area contributed by atoms with E-state index in [1.54, 1.807) is 0 Å². The molecule has 0 radical (unpaired) electrons. The summed E-state index contributed by atoms with van der Waals surface area (Å²) >= 11 is 0. The van der Waals surface area contributed by atoms with Crippen LogP contribution in [0.3, 0.4) is 0 Å². The fraction of sp³-hybridized carbons (Fsp3) is 0.955. The first-order chi connectivity index (χ1) is 12.5. The second-order valence-electron chi connectivity index (χ2n) is 10.2. The van der Waals surface area contributed by atoms with E-state index in [-0.39, 0.29) is 17.3 Å². The zero-order chi connectivity index (χ0) is 20.3. The summed E-state index contributed by atoms with van der Waals surface area (Å²) in [6, 6.07) is -0.569. The lowest BCUT2D eigenvalue weighted by Crippen LogP contribution is -2.57. The smallest absolute Gasteiger partial charge is 0.322 e. The highest BCUT2D eigenvalue weighted by Crippen LogP contribution is 2.62. The first-order valence-corrected chi connectivity index (χ1v) is 10.9. The average Bonchev–Trinajstić information content (AvgIpc) is 2.56. The number of fused-ring (bicyclic) bond motifs is 1. The predicted molar refractivity (Wildman–Crippen MR) is 109 cm³/mol. The van der Waals surface area contributed by atoms with E-state index in [0.29, 0.717) is 37.3 Å². The zero-order valence-corrected chi connectivity index (χ0v) is 17.9. The van der Waals surface area contributed by atoms with Gasteiger partial charge in [-0.1, -0.05) is 33.6 Å². The summed E-state index contributed by atoms with van der Waals surface area (Å²) in [6.07, 6.45) is 8.57. The first-order valence-electron chi connectivity index (χ1n) is 10.9. The minimum absolute atomic E-state index is 0.0964. The number of carbonyl (C=O) groups excluding carboxylic acids is 1. The lowest BCUT2D eigenvalue weighted by Gasteiger charge is -2.61. The van der Waals surface area contributed by atoms with Crippen LogP contribution in [0.2, 0.25) is 0 Å². The number of nitrogens with two attached hydrogens (primary N) is 2. The van der Waals surface area contributed by atoms with Crippen molar-refractivity contribution in [2.75, 3.05) is 13.2 Å². The summed E-state index contributed by atoms with van der Waals surface area (Å²) < 4.78 is 5.50. The Balaban J connectivity index is 1.97. The van der Waals surface area contributed by atoms with Gasteiger partial charge in [-0.15, -0.1) is 0 Å². The molecule has 0 aromatic rings. The van der Waals surface area contributed by atoms with Crippen LogP contribution in [0.15, 0.2) is 0 Å². The zero-order valence-electron chi connectivity index (χ0n) is 17.9. The van der Waals surface area contributed by atoms with E-state index >= 15 is 0 Å². The van der Waals surface area contributed by atoms with Crippen LogP contribution in [-0.4, -0.2) is 35.9 Å². The molecule has 158 valence electrons. The highest BCUT2D eigenvalue weighted by molar-refractivity contribution is 5.75. The van der Waals surface area contributed by atoms with E-state index in [4.69, 9.17) is 16.2 Å². The van der Waals surface area contributed by atoms with Crippen LogP contribution in [0, 0.1) is 22.7 Å². The summed E-state index contributed by atoms with van der Waals surface area (Å²) in [5.41, 5.74) is 11.1. The lowest BCUT2D eigenvalue weighted by molar-refractivity contribution is -0.175. The number of unbranched alkanes of at least 4 members (excludes halogenated alkanes) is 1. The van der Waals surface area contributed by atoms with Gasteiger partial charge in [0.1, 0.15) is 6.04 Å². The largest absolute Gasteiger partial charge is 0.465 e. The first kappa shape index (κ1) is 22.6. The van der Waals surface area contributed by atoms with Gasteiger partial charge in [0.15, 0.2) is 0 Å². The predicted octanol–water partition coefficient (Wildman–Crippen LogP) is 3.37. The molecule has 2 fully saturated rings. The van der Waals surface area contributed by atoms with Crippen molar-refractivity contribution >= 4 is 5.97 Å². The van der Waals surface area contributed by atoms with Crippen LogP contribution in [0.1, 0.15) is 85.5 Å². The van der Waals surface area contributed by atoms with Crippen LogP contribution < -0.4 is 11.5 Å². The van der Waals surface area contributed by atoms with Crippen molar-refractivity contribution in [2.24, 2.45) is 34.1 Å². The lowest BCUT2D eigenvalue weighted by atomic mass is 9.45. The van der Waals surface area contributed by atoms with Gasteiger partial charge in [-0.05, 0) is 81.1 Å². The van der Waals surface area contributed by atoms with Gasteiger partial charge in [0.2, 0.25) is 0 Å². The molecule has 5 heteroatoms. The molecule has 0 amide bonds. The Hall–Kier alpha value is -0.650. The normalized spacial score (nSPS) is 36.7. The highest BCUT2D eigenvalue weighted by Gasteiger charge is 2.57. The molecule has 2 saturated carbocycles. The van der Waals surface area contributed by atoms with E-state index in [2.05, 4.69) is 20.8 Å². The number of carbonyl (C=O) groups is 1. The van der Waals surface area contributed by atoms with Crippen LogP contribution >= 0.6 is 0 Å². The van der Waals surface area contributed by atoms with Gasteiger partial charge in [0.05, 0.1) is 12.2 Å². The number of aliphatic hydroxyl groups is 1. The van der Waals surface area contributed by atoms with Crippen molar-refractivity contribution in [3.05, 3.63) is 0 Å².